The highest BCUT2D eigenvalue weighted by Gasteiger charge is 2.15. The molecule has 0 atom stereocenters. The third-order valence-corrected chi connectivity index (χ3v) is 2.36. The molecule has 52 valence electrons. The van der Waals surface area contributed by atoms with Crippen LogP contribution in [0.4, 0.5) is 0 Å². The minimum Gasteiger partial charge on any atom is -0.305 e. The second kappa shape index (κ2) is 3.11. The van der Waals surface area contributed by atoms with Crippen molar-refractivity contribution in [2.45, 2.75) is 12.8 Å². The van der Waals surface area contributed by atoms with Crippen molar-refractivity contribution in [2.24, 2.45) is 4.99 Å². The van der Waals surface area contributed by atoms with Gasteiger partial charge in [0.2, 0.25) is 0 Å². The summed E-state index contributed by atoms with van der Waals surface area (Å²) in [6.45, 7) is 1.17. The van der Waals surface area contributed by atoms with Gasteiger partial charge < -0.3 is 4.31 Å². The van der Waals surface area contributed by atoms with Crippen molar-refractivity contribution in [3.63, 3.8) is 0 Å². The van der Waals surface area contributed by atoms with E-state index in [9.17, 15) is 0 Å². The van der Waals surface area contributed by atoms with Crippen LogP contribution in [-0.2, 0) is 0 Å². The Labute approximate surface area is 60.5 Å². The van der Waals surface area contributed by atoms with Gasteiger partial charge in [0.25, 0.3) is 0 Å². The summed E-state index contributed by atoms with van der Waals surface area (Å²) in [7, 11) is 1.86. The summed E-state index contributed by atoms with van der Waals surface area (Å²) >= 11 is 1.77. The molecule has 0 aliphatic carbocycles. The molecule has 0 aromatic heterocycles. The highest BCUT2D eigenvalue weighted by Crippen LogP contribution is 2.17. The van der Waals surface area contributed by atoms with E-state index in [4.69, 9.17) is 0 Å². The topological polar surface area (TPSA) is 15.6 Å². The third-order valence-electron chi connectivity index (χ3n) is 1.53. The van der Waals surface area contributed by atoms with Gasteiger partial charge in [-0.05, 0) is 6.42 Å². The number of rotatable bonds is 1. The molecular weight excluding hydrogens is 132 g/mol. The first-order chi connectivity index (χ1) is 4.38. The Bertz CT molecular complexity index is 122. The fourth-order valence-corrected chi connectivity index (χ4v) is 1.75. The fourth-order valence-electron chi connectivity index (χ4n) is 1.05. The summed E-state index contributed by atoms with van der Waals surface area (Å²) in [5.74, 6) is 1.25. The Morgan fingerprint density at radius 3 is 2.89 bits per heavy atom. The van der Waals surface area contributed by atoms with E-state index in [-0.39, 0.29) is 0 Å². The van der Waals surface area contributed by atoms with Gasteiger partial charge >= 0.3 is 0 Å². The summed E-state index contributed by atoms with van der Waals surface area (Å²) in [6, 6.07) is 0. The van der Waals surface area contributed by atoms with Crippen LogP contribution in [0.1, 0.15) is 12.8 Å². The Kier molecular flexibility index (Phi) is 2.39. The molecule has 2 nitrogen and oxygen atoms in total. The maximum Gasteiger partial charge on any atom is 0.108 e. The maximum atomic E-state index is 4.16. The van der Waals surface area contributed by atoms with E-state index in [1.165, 1.54) is 18.8 Å². The molecule has 9 heavy (non-hydrogen) atoms. The van der Waals surface area contributed by atoms with E-state index in [2.05, 4.69) is 15.6 Å². The smallest absolute Gasteiger partial charge is 0.108 e. The van der Waals surface area contributed by atoms with Gasteiger partial charge in [-0.25, -0.2) is 0 Å². The standard InChI is InChI=1S/C6H12N2S/c1-7-6-4-3-5-8(6)9-2/h3-5H2,1-2H3/b7-6-. The molecule has 0 bridgehead atoms. The number of hydrogen-bond acceptors (Lipinski definition) is 2. The zero-order valence-electron chi connectivity index (χ0n) is 5.92. The zero-order valence-corrected chi connectivity index (χ0v) is 6.74. The molecule has 0 saturated carbocycles. The van der Waals surface area contributed by atoms with Crippen molar-refractivity contribution >= 4 is 17.8 Å². The largest absolute Gasteiger partial charge is 0.305 e. The normalized spacial score (nSPS) is 23.8. The highest BCUT2D eigenvalue weighted by molar-refractivity contribution is 7.96. The Morgan fingerprint density at radius 1 is 1.67 bits per heavy atom. The van der Waals surface area contributed by atoms with Gasteiger partial charge in [-0.15, -0.1) is 0 Å². The molecule has 0 radical (unpaired) electrons. The number of amidine groups is 1. The van der Waals surface area contributed by atoms with E-state index in [0.717, 1.165) is 6.42 Å². The maximum absolute atomic E-state index is 4.16. The minimum absolute atomic E-state index is 1.16. The average molecular weight is 144 g/mol. The molecule has 0 aromatic carbocycles. The van der Waals surface area contributed by atoms with Crippen molar-refractivity contribution in [1.82, 2.24) is 4.31 Å². The lowest BCUT2D eigenvalue weighted by Gasteiger charge is -2.12. The van der Waals surface area contributed by atoms with Crippen LogP contribution in [0, 0.1) is 0 Å². The summed E-state index contributed by atoms with van der Waals surface area (Å²) in [4.78, 5) is 4.16. The molecule has 3 heteroatoms. The zero-order chi connectivity index (χ0) is 6.69. The quantitative estimate of drug-likeness (QED) is 0.517. The molecule has 0 amide bonds. The predicted octanol–water partition coefficient (Wildman–Crippen LogP) is 1.39. The summed E-state index contributed by atoms with van der Waals surface area (Å²) in [5.41, 5.74) is 0. The lowest BCUT2D eigenvalue weighted by Crippen LogP contribution is -2.15. The Balaban J connectivity index is 2.52. The van der Waals surface area contributed by atoms with Gasteiger partial charge in [-0.1, -0.05) is 11.9 Å². The first-order valence-corrected chi connectivity index (χ1v) is 4.34. The molecule has 1 fully saturated rings. The van der Waals surface area contributed by atoms with Crippen molar-refractivity contribution in [2.75, 3.05) is 19.8 Å². The van der Waals surface area contributed by atoms with Crippen LogP contribution in [0.25, 0.3) is 0 Å². The van der Waals surface area contributed by atoms with Crippen molar-refractivity contribution in [3.05, 3.63) is 0 Å². The summed E-state index contributed by atoms with van der Waals surface area (Å²) in [6.07, 6.45) is 4.53. The lowest BCUT2D eigenvalue weighted by molar-refractivity contribution is 0.723. The Morgan fingerprint density at radius 2 is 2.44 bits per heavy atom. The van der Waals surface area contributed by atoms with Gasteiger partial charge in [-0.2, -0.15) is 0 Å². The second-order valence-corrected chi connectivity index (χ2v) is 2.83. The van der Waals surface area contributed by atoms with E-state index in [1.807, 2.05) is 7.05 Å². The molecule has 1 rings (SSSR count). The van der Waals surface area contributed by atoms with Gasteiger partial charge in [0.1, 0.15) is 5.84 Å². The van der Waals surface area contributed by atoms with Crippen molar-refractivity contribution in [3.8, 4) is 0 Å². The van der Waals surface area contributed by atoms with Gasteiger partial charge in [0.05, 0.1) is 0 Å². The minimum atomic E-state index is 1.16. The third kappa shape index (κ3) is 1.39. The van der Waals surface area contributed by atoms with Crippen LogP contribution in [0.15, 0.2) is 4.99 Å². The first-order valence-electron chi connectivity index (χ1n) is 3.16. The van der Waals surface area contributed by atoms with E-state index in [0.29, 0.717) is 0 Å². The number of hydrogen-bond donors (Lipinski definition) is 0. The van der Waals surface area contributed by atoms with E-state index in [1.54, 1.807) is 11.9 Å². The molecule has 1 aliphatic rings. The predicted molar refractivity (Wildman–Crippen MR) is 42.8 cm³/mol. The molecule has 0 unspecified atom stereocenters. The van der Waals surface area contributed by atoms with Crippen molar-refractivity contribution < 1.29 is 0 Å². The van der Waals surface area contributed by atoms with E-state index < -0.39 is 0 Å². The molecule has 0 N–H and O–H groups in total. The second-order valence-electron chi connectivity index (χ2n) is 2.03. The molecule has 1 aliphatic heterocycles. The van der Waals surface area contributed by atoms with Crippen LogP contribution in [0.2, 0.25) is 0 Å². The van der Waals surface area contributed by atoms with Crippen molar-refractivity contribution in [1.29, 1.82) is 0 Å². The number of aliphatic imine (C=N–C) groups is 1. The van der Waals surface area contributed by atoms with Gasteiger partial charge in [0, 0.05) is 26.3 Å². The van der Waals surface area contributed by atoms with Crippen LogP contribution < -0.4 is 0 Å². The lowest BCUT2D eigenvalue weighted by atomic mass is 10.4. The molecular formula is C6H12N2S. The Hall–Kier alpha value is -0.180. The monoisotopic (exact) mass is 144 g/mol. The summed E-state index contributed by atoms with van der Waals surface area (Å²) in [5, 5.41) is 0. The number of nitrogens with zero attached hydrogens (tertiary/aromatic N) is 2. The van der Waals surface area contributed by atoms with E-state index >= 15 is 0 Å². The first kappa shape index (κ1) is 6.93. The van der Waals surface area contributed by atoms with Gasteiger partial charge in [-0.3, -0.25) is 4.99 Å². The SMILES string of the molecule is C/N=C1/CCCN1SC. The van der Waals surface area contributed by atoms with Gasteiger partial charge in [0.15, 0.2) is 0 Å². The average Bonchev–Trinajstić information content (AvgIpc) is 2.33. The molecule has 1 heterocycles. The molecule has 0 spiro atoms. The fraction of sp³-hybridized carbons (Fsp3) is 0.833. The van der Waals surface area contributed by atoms with Crippen LogP contribution in [-0.4, -0.2) is 30.0 Å². The summed E-state index contributed by atoms with van der Waals surface area (Å²) < 4.78 is 2.25. The molecule has 1 saturated heterocycles. The highest BCUT2D eigenvalue weighted by atomic mass is 32.2. The van der Waals surface area contributed by atoms with Crippen LogP contribution in [0.3, 0.4) is 0 Å². The van der Waals surface area contributed by atoms with Crippen LogP contribution in [0.5, 0.6) is 0 Å². The van der Waals surface area contributed by atoms with Crippen LogP contribution >= 0.6 is 11.9 Å². The molecule has 0 aromatic rings.